The second kappa shape index (κ2) is 17.3. The number of aryl methyl sites for hydroxylation is 1. The van der Waals surface area contributed by atoms with Crippen LogP contribution in [0.25, 0.3) is 27.0 Å². The molecule has 2 N–H and O–H groups in total. The lowest BCUT2D eigenvalue weighted by atomic mass is 9.83. The van der Waals surface area contributed by atoms with Crippen molar-refractivity contribution in [2.75, 3.05) is 32.8 Å². The van der Waals surface area contributed by atoms with Gasteiger partial charge in [-0.3, -0.25) is 19.0 Å². The lowest BCUT2D eigenvalue weighted by molar-refractivity contribution is -0.140. The van der Waals surface area contributed by atoms with Gasteiger partial charge in [-0.2, -0.15) is 4.98 Å². The van der Waals surface area contributed by atoms with E-state index in [1.54, 1.807) is 17.4 Å². The Balaban J connectivity index is 0.869. The molecular formula is C48H57ClN6O5S. The topological polar surface area (TPSA) is 130 Å². The second-order valence-electron chi connectivity index (χ2n) is 18.8. The van der Waals surface area contributed by atoms with Gasteiger partial charge < -0.3 is 25.0 Å². The molecule has 2 aromatic heterocycles. The number of benzene rings is 3. The van der Waals surface area contributed by atoms with Crippen LogP contribution in [0.2, 0.25) is 5.02 Å². The number of carbonyl (C=O) groups is 2. The third kappa shape index (κ3) is 8.87. The summed E-state index contributed by atoms with van der Waals surface area (Å²) in [6, 6.07) is 17.8. The molecule has 322 valence electrons. The van der Waals surface area contributed by atoms with Gasteiger partial charge in [0.25, 0.3) is 5.56 Å². The molecule has 2 saturated heterocycles. The molecular weight excluding hydrogens is 808 g/mol. The molecule has 5 aromatic rings. The molecule has 0 spiro atoms. The molecule has 0 radical (unpaired) electrons. The standard InChI is InChI=1S/C48H57ClN6O5S/c1-29-43(61-28-51-29)32-12-13-33(26-50-44(58)39-24-34(56)27-54(39)41(57)25-47(2,3)4)40(23-32)60-21-8-7-18-53-19-16-30(17-20-53)31-14-15-35-38(22-31)55-37-11-9-10-36(49)42(37)45(59)52-46(55)48(35,5)6/h9-15,22-23,28,30,34,39,56H,7-8,16-21,24-27H2,1-6H3,(H,50,58)/t34-,39+/m1/s1. The van der Waals surface area contributed by atoms with E-state index in [0.29, 0.717) is 29.4 Å². The number of thiazole rings is 1. The zero-order valence-electron chi connectivity index (χ0n) is 36.1. The summed E-state index contributed by atoms with van der Waals surface area (Å²) in [6.45, 7) is 16.2. The zero-order chi connectivity index (χ0) is 43.2. The summed E-state index contributed by atoms with van der Waals surface area (Å²) >= 11 is 8.10. The van der Waals surface area contributed by atoms with Gasteiger partial charge in [0.05, 0.1) is 55.8 Å². The van der Waals surface area contributed by atoms with E-state index in [2.05, 4.69) is 56.8 Å². The van der Waals surface area contributed by atoms with Gasteiger partial charge >= 0.3 is 0 Å². The molecule has 2 atom stereocenters. The highest BCUT2D eigenvalue weighted by atomic mass is 35.5. The van der Waals surface area contributed by atoms with E-state index in [9.17, 15) is 19.5 Å². The third-order valence-corrected chi connectivity index (χ3v) is 14.0. The Kier molecular flexibility index (Phi) is 12.2. The van der Waals surface area contributed by atoms with Gasteiger partial charge in [-0.1, -0.05) is 62.7 Å². The predicted octanol–water partition coefficient (Wildman–Crippen LogP) is 8.16. The van der Waals surface area contributed by atoms with Gasteiger partial charge in [-0.15, -0.1) is 11.3 Å². The minimum Gasteiger partial charge on any atom is -0.493 e. The van der Waals surface area contributed by atoms with Crippen molar-refractivity contribution >= 4 is 45.7 Å². The largest absolute Gasteiger partial charge is 0.493 e. The number of amides is 2. The normalized spacial score (nSPS) is 19.0. The third-order valence-electron chi connectivity index (χ3n) is 12.7. The predicted molar refractivity (Wildman–Crippen MR) is 242 cm³/mol. The molecule has 8 rings (SSSR count). The average molecular weight is 866 g/mol. The van der Waals surface area contributed by atoms with Crippen LogP contribution >= 0.6 is 22.9 Å². The number of hydrogen-bond acceptors (Lipinski definition) is 9. The molecule has 13 heteroatoms. The number of likely N-dealkylation sites (tertiary alicyclic amines) is 2. The fourth-order valence-corrected chi connectivity index (χ4v) is 10.4. The first kappa shape index (κ1) is 43.0. The van der Waals surface area contributed by atoms with Gasteiger partial charge in [0, 0.05) is 31.5 Å². The lowest BCUT2D eigenvalue weighted by Crippen LogP contribution is -2.46. The van der Waals surface area contributed by atoms with E-state index in [0.717, 1.165) is 89.8 Å². The van der Waals surface area contributed by atoms with E-state index >= 15 is 0 Å². The number of nitrogens with zero attached hydrogens (tertiary/aromatic N) is 5. The molecule has 0 unspecified atom stereocenters. The molecule has 61 heavy (non-hydrogen) atoms. The number of aromatic nitrogens is 3. The minimum absolute atomic E-state index is 0.115. The summed E-state index contributed by atoms with van der Waals surface area (Å²) in [5, 5.41) is 14.4. The van der Waals surface area contributed by atoms with Crippen LogP contribution < -0.4 is 15.6 Å². The van der Waals surface area contributed by atoms with Gasteiger partial charge in [-0.25, -0.2) is 4.98 Å². The highest BCUT2D eigenvalue weighted by Gasteiger charge is 2.41. The van der Waals surface area contributed by atoms with Crippen LogP contribution in [0.1, 0.15) is 107 Å². The zero-order valence-corrected chi connectivity index (χ0v) is 37.7. The minimum atomic E-state index is -0.724. The highest BCUT2D eigenvalue weighted by Crippen LogP contribution is 2.45. The van der Waals surface area contributed by atoms with E-state index in [-0.39, 0.29) is 42.3 Å². The number of aliphatic hydroxyl groups excluding tert-OH is 1. The lowest BCUT2D eigenvalue weighted by Gasteiger charge is -2.32. The fraction of sp³-hybridized carbons (Fsp3) is 0.479. The number of β-amino-alcohol motifs (C(OH)–C–C–N with tert-alkyl or cyclic N) is 1. The second-order valence-corrected chi connectivity index (χ2v) is 20.0. The Morgan fingerprint density at radius 1 is 1.07 bits per heavy atom. The number of carbonyl (C=O) groups excluding carboxylic acids is 2. The van der Waals surface area contributed by atoms with E-state index < -0.39 is 17.6 Å². The maximum absolute atomic E-state index is 13.5. The summed E-state index contributed by atoms with van der Waals surface area (Å²) in [4.78, 5) is 53.9. The van der Waals surface area contributed by atoms with Crippen LogP contribution in [0, 0.1) is 12.3 Å². The van der Waals surface area contributed by atoms with Gasteiger partial charge in [0.2, 0.25) is 11.8 Å². The fourth-order valence-electron chi connectivity index (χ4n) is 9.38. The number of nitrogens with one attached hydrogen (secondary N) is 1. The first-order valence-electron chi connectivity index (χ1n) is 21.6. The maximum atomic E-state index is 13.5. The molecule has 0 aliphatic carbocycles. The molecule has 3 aromatic carbocycles. The van der Waals surface area contributed by atoms with Crippen LogP contribution in [-0.2, 0) is 21.5 Å². The monoisotopic (exact) mass is 864 g/mol. The number of rotatable bonds is 12. The van der Waals surface area contributed by atoms with E-state index in [1.807, 2.05) is 63.5 Å². The maximum Gasteiger partial charge on any atom is 0.282 e. The molecule has 3 aliphatic rings. The first-order chi connectivity index (χ1) is 29.1. The first-order valence-corrected chi connectivity index (χ1v) is 22.8. The van der Waals surface area contributed by atoms with Crippen LogP contribution in [0.15, 0.2) is 64.9 Å². The number of ether oxygens (including phenoxy) is 1. The van der Waals surface area contributed by atoms with Crippen molar-refractivity contribution in [3.63, 3.8) is 0 Å². The Bertz CT molecular complexity index is 2520. The smallest absolute Gasteiger partial charge is 0.282 e. The van der Waals surface area contributed by atoms with Crippen LogP contribution in [0.5, 0.6) is 5.75 Å². The molecule has 2 fully saturated rings. The van der Waals surface area contributed by atoms with Gasteiger partial charge in [0.15, 0.2) is 0 Å². The van der Waals surface area contributed by atoms with E-state index in [1.165, 1.54) is 16.0 Å². The van der Waals surface area contributed by atoms with Crippen molar-refractivity contribution in [3.05, 3.63) is 104 Å². The number of hydrogen-bond donors (Lipinski definition) is 2. The van der Waals surface area contributed by atoms with Crippen molar-refractivity contribution in [1.29, 1.82) is 0 Å². The summed E-state index contributed by atoms with van der Waals surface area (Å²) in [7, 11) is 0. The van der Waals surface area contributed by atoms with Crippen LogP contribution in [-0.4, -0.2) is 86.2 Å². The van der Waals surface area contributed by atoms with Crippen molar-refractivity contribution in [2.24, 2.45) is 5.41 Å². The van der Waals surface area contributed by atoms with Crippen molar-refractivity contribution in [3.8, 4) is 21.9 Å². The summed E-state index contributed by atoms with van der Waals surface area (Å²) in [6.07, 6.45) is 3.83. The quantitative estimate of drug-likeness (QED) is 0.120. The Morgan fingerprint density at radius 2 is 1.85 bits per heavy atom. The highest BCUT2D eigenvalue weighted by molar-refractivity contribution is 7.13. The summed E-state index contributed by atoms with van der Waals surface area (Å²) < 4.78 is 8.61. The summed E-state index contributed by atoms with van der Waals surface area (Å²) in [5.41, 5.74) is 8.13. The SMILES string of the molecule is Cc1ncsc1-c1ccc(CNC(=O)[C@@H]2C[C@@H](O)CN2C(=O)CC(C)(C)C)c(OCCCCN2CCC(c3ccc4c(c3)-n3c(nc(=O)c5c(Cl)cccc53)C4(C)C)CC2)c1. The molecule has 11 nitrogen and oxygen atoms in total. The number of fused-ring (bicyclic) bond motifs is 5. The van der Waals surface area contributed by atoms with Crippen LogP contribution in [0.4, 0.5) is 0 Å². The number of halogens is 1. The van der Waals surface area contributed by atoms with Crippen LogP contribution in [0.3, 0.4) is 0 Å². The Hall–Kier alpha value is -4.62. The molecule has 0 saturated carbocycles. The number of unbranched alkanes of at least 4 members (excludes halogenated alkanes) is 1. The Labute approximate surface area is 367 Å². The molecule has 5 heterocycles. The van der Waals surface area contributed by atoms with Gasteiger partial charge in [0.1, 0.15) is 17.6 Å². The summed E-state index contributed by atoms with van der Waals surface area (Å²) in [5.74, 6) is 1.53. The van der Waals surface area contributed by atoms with Crippen molar-refractivity contribution in [1.82, 2.24) is 29.7 Å². The Morgan fingerprint density at radius 3 is 2.59 bits per heavy atom. The molecule has 0 bridgehead atoms. The number of piperidine rings is 1. The van der Waals surface area contributed by atoms with Gasteiger partial charge in [-0.05, 0) is 118 Å². The van der Waals surface area contributed by atoms with Crippen molar-refractivity contribution in [2.45, 2.75) is 110 Å². The average Bonchev–Trinajstić information content (AvgIpc) is 3.90. The molecule has 3 aliphatic heterocycles. The molecule has 2 amide bonds. The number of aliphatic hydroxyl groups is 1. The van der Waals surface area contributed by atoms with E-state index in [4.69, 9.17) is 16.3 Å². The van der Waals surface area contributed by atoms with Crippen molar-refractivity contribution < 1.29 is 19.4 Å².